The molecule has 0 unspecified atom stereocenters. The number of alkyl halides is 3. The third-order valence-electron chi connectivity index (χ3n) is 4.42. The topological polar surface area (TPSA) is 77.8 Å². The highest BCUT2D eigenvalue weighted by Gasteiger charge is 2.31. The number of carboxylic acid groups (broad SMARTS) is 1. The zero-order valence-electron chi connectivity index (χ0n) is 16.2. The van der Waals surface area contributed by atoms with Crippen LogP contribution in [0.3, 0.4) is 0 Å². The molecule has 0 spiro atoms. The van der Waals surface area contributed by atoms with Crippen LogP contribution in [-0.2, 0) is 17.4 Å². The normalized spacial score (nSPS) is 18.3. The zero-order valence-corrected chi connectivity index (χ0v) is 17.8. The molecule has 1 aromatic rings. The minimum Gasteiger partial charge on any atom is -0.481 e. The summed E-state index contributed by atoms with van der Waals surface area (Å²) in [6.07, 6.45) is -1.38. The lowest BCUT2D eigenvalue weighted by atomic mass is 10.0. The van der Waals surface area contributed by atoms with Crippen molar-refractivity contribution in [1.82, 2.24) is 4.90 Å². The van der Waals surface area contributed by atoms with Crippen LogP contribution in [0.1, 0.15) is 24.0 Å². The molecule has 1 amide bonds. The first-order valence-electron chi connectivity index (χ1n) is 9.42. The van der Waals surface area contributed by atoms with Gasteiger partial charge in [-0.25, -0.2) is 0 Å². The van der Waals surface area contributed by atoms with Crippen LogP contribution in [0.25, 0.3) is 0 Å². The number of aliphatic hydroxyl groups is 1. The van der Waals surface area contributed by atoms with Crippen molar-refractivity contribution in [3.63, 3.8) is 0 Å². The number of benzene rings is 1. The van der Waals surface area contributed by atoms with Gasteiger partial charge in [0.2, 0.25) is 0 Å². The van der Waals surface area contributed by atoms with Crippen molar-refractivity contribution in [2.45, 2.75) is 37.6 Å². The zero-order chi connectivity index (χ0) is 22.1. The van der Waals surface area contributed by atoms with E-state index in [-0.39, 0.29) is 24.1 Å². The van der Waals surface area contributed by atoms with E-state index in [2.05, 4.69) is 0 Å². The number of carboxylic acids is 1. The van der Waals surface area contributed by atoms with Crippen molar-refractivity contribution >= 4 is 34.7 Å². The van der Waals surface area contributed by atoms with E-state index in [4.69, 9.17) is 5.11 Å². The molecule has 10 heteroatoms. The minimum atomic E-state index is -4.43. The van der Waals surface area contributed by atoms with Gasteiger partial charge in [0.1, 0.15) is 0 Å². The second-order valence-corrected chi connectivity index (χ2v) is 9.00. The van der Waals surface area contributed by atoms with Gasteiger partial charge in [0.05, 0.1) is 17.7 Å². The lowest BCUT2D eigenvalue weighted by molar-refractivity contribution is -0.138. The Morgan fingerprint density at radius 2 is 2.13 bits per heavy atom. The molecule has 0 radical (unpaired) electrons. The molecule has 2 rings (SSSR count). The Hall–Kier alpha value is -1.65. The smallest absolute Gasteiger partial charge is 0.416 e. The Kier molecular flexibility index (Phi) is 9.57. The maximum atomic E-state index is 12.8. The predicted molar refractivity (Wildman–Crippen MR) is 113 cm³/mol. The minimum absolute atomic E-state index is 0.0493. The largest absolute Gasteiger partial charge is 0.481 e. The number of aliphatic hydroxyl groups excluding tert-OH is 1. The summed E-state index contributed by atoms with van der Waals surface area (Å²) in [7, 11) is 0. The van der Waals surface area contributed by atoms with Crippen molar-refractivity contribution in [2.75, 3.05) is 23.8 Å². The van der Waals surface area contributed by atoms with Gasteiger partial charge in [0, 0.05) is 30.9 Å². The van der Waals surface area contributed by atoms with Gasteiger partial charge in [-0.3, -0.25) is 9.59 Å². The number of thioether (sulfide) groups is 2. The fourth-order valence-electron chi connectivity index (χ4n) is 2.91. The van der Waals surface area contributed by atoms with E-state index < -0.39 is 23.8 Å². The number of amides is 1. The summed E-state index contributed by atoms with van der Waals surface area (Å²) in [4.78, 5) is 24.2. The van der Waals surface area contributed by atoms with E-state index in [0.29, 0.717) is 35.8 Å². The molecule has 1 heterocycles. The summed E-state index contributed by atoms with van der Waals surface area (Å²) >= 11 is 2.77. The number of rotatable bonds is 11. The molecule has 30 heavy (non-hydrogen) atoms. The van der Waals surface area contributed by atoms with E-state index in [1.807, 2.05) is 0 Å². The van der Waals surface area contributed by atoms with Crippen molar-refractivity contribution < 1.29 is 33.0 Å². The standard InChI is InChI=1S/C20H24F3NO4S2/c21-20(22,23)15-4-1-3-14(11-15)12-17(25)7-6-16-13-30-19(28)24(16)8-10-29-9-2-5-18(26)27/h1,3-4,6-7,11,16-17,25H,2,5,8-10,12-13H2,(H,26,27)/t16-,17+/m0/s1. The fraction of sp³-hybridized carbons (Fsp3) is 0.500. The maximum Gasteiger partial charge on any atom is 0.416 e. The summed E-state index contributed by atoms with van der Waals surface area (Å²) in [5, 5.41) is 18.8. The van der Waals surface area contributed by atoms with Gasteiger partial charge >= 0.3 is 12.1 Å². The highest BCUT2D eigenvalue weighted by molar-refractivity contribution is 8.13. The fourth-order valence-corrected chi connectivity index (χ4v) is 4.79. The van der Waals surface area contributed by atoms with Crippen molar-refractivity contribution in [3.8, 4) is 0 Å². The van der Waals surface area contributed by atoms with E-state index in [1.165, 1.54) is 30.0 Å². The van der Waals surface area contributed by atoms with E-state index in [1.54, 1.807) is 22.7 Å². The predicted octanol–water partition coefficient (Wildman–Crippen LogP) is 4.30. The molecule has 0 aliphatic carbocycles. The van der Waals surface area contributed by atoms with Gasteiger partial charge in [-0.05, 0) is 23.8 Å². The van der Waals surface area contributed by atoms with Crippen LogP contribution in [0, 0.1) is 0 Å². The molecule has 1 saturated heterocycles. The number of carbonyl (C=O) groups excluding carboxylic acids is 1. The number of hydrogen-bond acceptors (Lipinski definition) is 5. The number of carbonyl (C=O) groups is 2. The van der Waals surface area contributed by atoms with E-state index >= 15 is 0 Å². The van der Waals surface area contributed by atoms with Crippen molar-refractivity contribution in [3.05, 3.63) is 47.5 Å². The average molecular weight is 464 g/mol. The summed E-state index contributed by atoms with van der Waals surface area (Å²) in [6, 6.07) is 4.69. The van der Waals surface area contributed by atoms with Gasteiger partial charge in [-0.1, -0.05) is 42.1 Å². The summed E-state index contributed by atoms with van der Waals surface area (Å²) in [5.74, 6) is 1.12. The molecular formula is C20H24F3NO4S2. The van der Waals surface area contributed by atoms with Gasteiger partial charge in [-0.15, -0.1) is 0 Å². The third-order valence-corrected chi connectivity index (χ3v) is 6.46. The van der Waals surface area contributed by atoms with Gasteiger partial charge < -0.3 is 15.1 Å². The summed E-state index contributed by atoms with van der Waals surface area (Å²) in [5.41, 5.74) is -0.366. The monoisotopic (exact) mass is 463 g/mol. The van der Waals surface area contributed by atoms with Crippen LogP contribution in [0.5, 0.6) is 0 Å². The van der Waals surface area contributed by atoms with Crippen LogP contribution in [0.4, 0.5) is 18.0 Å². The van der Waals surface area contributed by atoms with Crippen LogP contribution in [-0.4, -0.2) is 62.3 Å². The summed E-state index contributed by atoms with van der Waals surface area (Å²) in [6.45, 7) is 0.516. The molecular weight excluding hydrogens is 439 g/mol. The van der Waals surface area contributed by atoms with E-state index in [0.717, 1.165) is 12.1 Å². The van der Waals surface area contributed by atoms with Gasteiger partial charge in [-0.2, -0.15) is 24.9 Å². The van der Waals surface area contributed by atoms with E-state index in [9.17, 15) is 27.9 Å². The Bertz CT molecular complexity index is 758. The highest BCUT2D eigenvalue weighted by atomic mass is 32.2. The third kappa shape index (κ3) is 8.23. The molecule has 0 aromatic heterocycles. The second-order valence-electron chi connectivity index (χ2n) is 6.80. The van der Waals surface area contributed by atoms with Crippen LogP contribution in [0.2, 0.25) is 0 Å². The molecule has 1 fully saturated rings. The van der Waals surface area contributed by atoms with Gasteiger partial charge in [0.25, 0.3) is 5.24 Å². The average Bonchev–Trinajstić information content (AvgIpc) is 3.02. The van der Waals surface area contributed by atoms with Crippen LogP contribution in [0.15, 0.2) is 36.4 Å². The highest BCUT2D eigenvalue weighted by Crippen LogP contribution is 2.30. The molecule has 2 atom stereocenters. The Labute approximate surface area is 181 Å². The van der Waals surface area contributed by atoms with Crippen LogP contribution < -0.4 is 0 Å². The first-order valence-corrected chi connectivity index (χ1v) is 11.6. The molecule has 0 bridgehead atoms. The maximum absolute atomic E-state index is 12.8. The molecule has 1 aromatic carbocycles. The van der Waals surface area contributed by atoms with Crippen molar-refractivity contribution in [1.29, 1.82) is 0 Å². The Morgan fingerprint density at radius 1 is 1.37 bits per heavy atom. The van der Waals surface area contributed by atoms with Crippen LogP contribution >= 0.6 is 23.5 Å². The number of aliphatic carboxylic acids is 1. The lowest BCUT2D eigenvalue weighted by Crippen LogP contribution is -2.34. The molecule has 1 aliphatic rings. The number of halogens is 3. The number of nitrogens with zero attached hydrogens (tertiary/aromatic N) is 1. The van der Waals surface area contributed by atoms with Crippen molar-refractivity contribution in [2.24, 2.45) is 0 Å². The van der Waals surface area contributed by atoms with Gasteiger partial charge in [0.15, 0.2) is 0 Å². The molecule has 166 valence electrons. The second kappa shape index (κ2) is 11.7. The molecule has 1 aliphatic heterocycles. The number of hydrogen-bond donors (Lipinski definition) is 2. The molecule has 5 nitrogen and oxygen atoms in total. The first-order chi connectivity index (χ1) is 14.2. The Morgan fingerprint density at radius 3 is 2.83 bits per heavy atom. The molecule has 2 N–H and O–H groups in total. The molecule has 0 saturated carbocycles. The lowest BCUT2D eigenvalue weighted by Gasteiger charge is -2.21. The SMILES string of the molecule is O=C(O)CCCSCCN1C(=O)SC[C@@H]1C=C[C@@H](O)Cc1cccc(C(F)(F)F)c1. The first kappa shape index (κ1) is 24.6. The Balaban J connectivity index is 1.83. The quantitative estimate of drug-likeness (QED) is 0.376. The summed E-state index contributed by atoms with van der Waals surface area (Å²) < 4.78 is 38.4.